The number of carbonyl (C=O) groups excluding carboxylic acids is 2. The van der Waals surface area contributed by atoms with Gasteiger partial charge in [0, 0.05) is 29.1 Å². The molecule has 2 aromatic carbocycles. The van der Waals surface area contributed by atoms with Gasteiger partial charge in [0.2, 0.25) is 5.91 Å². The third kappa shape index (κ3) is 4.56. The second kappa shape index (κ2) is 10.2. The van der Waals surface area contributed by atoms with Gasteiger partial charge >= 0.3 is 0 Å². The fourth-order valence-corrected chi connectivity index (χ4v) is 6.54. The first-order valence-electron chi connectivity index (χ1n) is 14.0. The zero-order valence-corrected chi connectivity index (χ0v) is 23.1. The van der Waals surface area contributed by atoms with Crippen molar-refractivity contribution in [3.8, 4) is 0 Å². The van der Waals surface area contributed by atoms with Crippen molar-refractivity contribution in [1.82, 2.24) is 15.1 Å². The Morgan fingerprint density at radius 3 is 2.52 bits per heavy atom. The first-order valence-corrected chi connectivity index (χ1v) is 14.0. The molecule has 3 aromatic rings. The smallest absolute Gasteiger partial charge is 0.270 e. The number of anilines is 1. The summed E-state index contributed by atoms with van der Waals surface area (Å²) in [7, 11) is 0. The first kappa shape index (κ1) is 26.2. The highest BCUT2D eigenvalue weighted by Gasteiger charge is 2.58. The van der Waals surface area contributed by atoms with E-state index in [4.69, 9.17) is 0 Å². The number of aliphatic imine (C=N–C) groups is 1. The minimum Gasteiger partial charge on any atom is -0.394 e. The standard InChI is InChI=1S/C32H35N5O3/c1-19-17-33-21(3)27(19)22-8-10-24(11-9-22)35-31(40)29(36-30(39)26-12-15-34-37(26)20(2)18-38)28-25-7-5-4-6-23(25)16-32(28)13-14-32/h4-12,15,20,28-29,38H,13-14,16-18H2,1-3H3,(H,35,40)(H,36,39)/t20?,28?,29-/m0/s1. The number of hydrogen-bond donors (Lipinski definition) is 3. The van der Waals surface area contributed by atoms with E-state index in [9.17, 15) is 14.7 Å². The van der Waals surface area contributed by atoms with E-state index in [1.165, 1.54) is 15.8 Å². The van der Waals surface area contributed by atoms with Crippen LogP contribution in [0.5, 0.6) is 0 Å². The van der Waals surface area contributed by atoms with Crippen molar-refractivity contribution in [1.29, 1.82) is 0 Å². The molecule has 1 spiro atoms. The molecule has 3 atom stereocenters. The van der Waals surface area contributed by atoms with Gasteiger partial charge in [-0.15, -0.1) is 0 Å². The molecule has 3 aliphatic rings. The number of amides is 2. The van der Waals surface area contributed by atoms with E-state index >= 15 is 0 Å². The Morgan fingerprint density at radius 2 is 1.85 bits per heavy atom. The van der Waals surface area contributed by atoms with Crippen molar-refractivity contribution in [2.45, 2.75) is 58.0 Å². The molecule has 1 aromatic heterocycles. The maximum Gasteiger partial charge on any atom is 0.270 e. The fourth-order valence-electron chi connectivity index (χ4n) is 6.54. The lowest BCUT2D eigenvalue weighted by atomic mass is 9.82. The van der Waals surface area contributed by atoms with Crippen LogP contribution in [0, 0.1) is 5.41 Å². The molecule has 40 heavy (non-hydrogen) atoms. The van der Waals surface area contributed by atoms with Crippen LogP contribution in [0.15, 0.2) is 71.4 Å². The van der Waals surface area contributed by atoms with E-state index in [2.05, 4.69) is 39.8 Å². The Hall–Kier alpha value is -4.04. The number of hydrogen-bond acceptors (Lipinski definition) is 5. The molecule has 0 saturated heterocycles. The lowest BCUT2D eigenvalue weighted by Crippen LogP contribution is -2.49. The average molecular weight is 538 g/mol. The van der Waals surface area contributed by atoms with E-state index in [0.717, 1.165) is 48.2 Å². The Morgan fingerprint density at radius 1 is 1.10 bits per heavy atom. The van der Waals surface area contributed by atoms with Crippen LogP contribution in [-0.4, -0.2) is 51.6 Å². The molecule has 6 rings (SSSR count). The summed E-state index contributed by atoms with van der Waals surface area (Å²) in [6.07, 6.45) is 4.50. The summed E-state index contributed by atoms with van der Waals surface area (Å²) in [5, 5.41) is 20.1. The Balaban J connectivity index is 1.30. The molecular formula is C32H35N5O3. The molecule has 2 amide bonds. The highest BCUT2D eigenvalue weighted by molar-refractivity contribution is 6.25. The number of rotatable bonds is 8. The van der Waals surface area contributed by atoms with Crippen LogP contribution in [0.1, 0.15) is 72.8 Å². The van der Waals surface area contributed by atoms with Crippen LogP contribution in [0.4, 0.5) is 5.69 Å². The molecule has 0 bridgehead atoms. The first-order chi connectivity index (χ1) is 19.3. The van der Waals surface area contributed by atoms with Crippen LogP contribution in [-0.2, 0) is 11.2 Å². The molecule has 1 fully saturated rings. The molecular weight excluding hydrogens is 502 g/mol. The van der Waals surface area contributed by atoms with E-state index < -0.39 is 6.04 Å². The normalized spacial score (nSPS) is 20.2. The Bertz CT molecular complexity index is 1530. The van der Waals surface area contributed by atoms with Crippen LogP contribution in [0.2, 0.25) is 0 Å². The van der Waals surface area contributed by atoms with Gasteiger partial charge in [0.25, 0.3) is 5.91 Å². The van der Waals surface area contributed by atoms with Crippen molar-refractivity contribution in [2.24, 2.45) is 10.4 Å². The molecule has 2 heterocycles. The van der Waals surface area contributed by atoms with Gasteiger partial charge < -0.3 is 15.7 Å². The van der Waals surface area contributed by atoms with Gasteiger partial charge in [-0.1, -0.05) is 36.4 Å². The Labute approximate surface area is 234 Å². The van der Waals surface area contributed by atoms with Crippen molar-refractivity contribution < 1.29 is 14.7 Å². The van der Waals surface area contributed by atoms with Crippen molar-refractivity contribution in [2.75, 3.05) is 18.5 Å². The number of allylic oxidation sites excluding steroid dienone is 1. The number of aliphatic hydroxyl groups is 1. The monoisotopic (exact) mass is 537 g/mol. The Kier molecular flexibility index (Phi) is 6.66. The molecule has 0 radical (unpaired) electrons. The maximum atomic E-state index is 14.0. The number of carbonyl (C=O) groups is 2. The molecule has 8 heteroatoms. The van der Waals surface area contributed by atoms with Crippen LogP contribution in [0.25, 0.3) is 5.57 Å². The lowest BCUT2D eigenvalue weighted by molar-refractivity contribution is -0.118. The van der Waals surface area contributed by atoms with Gasteiger partial charge in [-0.05, 0) is 85.9 Å². The number of nitrogens with zero attached hydrogens (tertiary/aromatic N) is 3. The number of aliphatic hydroxyl groups excluding tert-OH is 1. The third-order valence-corrected chi connectivity index (χ3v) is 8.75. The van der Waals surface area contributed by atoms with Gasteiger partial charge in [-0.25, -0.2) is 0 Å². The fraction of sp³-hybridized carbons (Fsp3) is 0.375. The zero-order chi connectivity index (χ0) is 28.0. The number of nitrogens with one attached hydrogen (secondary N) is 2. The van der Waals surface area contributed by atoms with E-state index in [-0.39, 0.29) is 35.8 Å². The van der Waals surface area contributed by atoms with Crippen LogP contribution < -0.4 is 10.6 Å². The predicted molar refractivity (Wildman–Crippen MR) is 155 cm³/mol. The highest BCUT2D eigenvalue weighted by Crippen LogP contribution is 2.64. The molecule has 3 N–H and O–H groups in total. The summed E-state index contributed by atoms with van der Waals surface area (Å²) in [5.74, 6) is -0.764. The van der Waals surface area contributed by atoms with E-state index in [1.807, 2.05) is 43.3 Å². The molecule has 2 aliphatic carbocycles. The zero-order valence-electron chi connectivity index (χ0n) is 23.1. The quantitative estimate of drug-likeness (QED) is 0.392. The third-order valence-electron chi connectivity index (χ3n) is 8.75. The lowest BCUT2D eigenvalue weighted by Gasteiger charge is -2.30. The summed E-state index contributed by atoms with van der Waals surface area (Å²) >= 11 is 0. The number of aromatic nitrogens is 2. The summed E-state index contributed by atoms with van der Waals surface area (Å²) in [4.78, 5) is 32.2. The van der Waals surface area contributed by atoms with Gasteiger partial charge in [-0.2, -0.15) is 5.10 Å². The number of benzene rings is 2. The molecule has 206 valence electrons. The topological polar surface area (TPSA) is 109 Å². The summed E-state index contributed by atoms with van der Waals surface area (Å²) in [6.45, 7) is 6.48. The second-order valence-corrected chi connectivity index (χ2v) is 11.5. The highest BCUT2D eigenvalue weighted by atomic mass is 16.3. The van der Waals surface area contributed by atoms with Gasteiger partial charge in [0.15, 0.2) is 0 Å². The minimum atomic E-state index is -0.778. The summed E-state index contributed by atoms with van der Waals surface area (Å²) in [6, 6.07) is 16.6. The summed E-state index contributed by atoms with van der Waals surface area (Å²) < 4.78 is 1.50. The summed E-state index contributed by atoms with van der Waals surface area (Å²) in [5.41, 5.74) is 7.85. The molecule has 8 nitrogen and oxygen atoms in total. The second-order valence-electron chi connectivity index (χ2n) is 11.5. The molecule has 2 unspecified atom stereocenters. The van der Waals surface area contributed by atoms with Crippen molar-refractivity contribution >= 4 is 28.8 Å². The maximum absolute atomic E-state index is 14.0. The molecule has 1 saturated carbocycles. The van der Waals surface area contributed by atoms with Gasteiger partial charge in [0.05, 0.1) is 19.2 Å². The van der Waals surface area contributed by atoms with Crippen molar-refractivity contribution in [3.63, 3.8) is 0 Å². The average Bonchev–Trinajstić information content (AvgIpc) is 3.27. The SMILES string of the molecule is CC1=NCC(C)=C1c1ccc(NC(=O)[C@@H](NC(=O)c2ccnn2C(C)CO)C2c3ccccc3CC23CC3)cc1. The largest absolute Gasteiger partial charge is 0.394 e. The van der Waals surface area contributed by atoms with Gasteiger partial charge in [0.1, 0.15) is 11.7 Å². The molecule has 1 aliphatic heterocycles. The predicted octanol–water partition coefficient (Wildman–Crippen LogP) is 4.54. The van der Waals surface area contributed by atoms with Crippen LogP contribution in [0.3, 0.4) is 0 Å². The van der Waals surface area contributed by atoms with Crippen LogP contribution >= 0.6 is 0 Å². The van der Waals surface area contributed by atoms with Gasteiger partial charge in [-0.3, -0.25) is 19.3 Å². The number of fused-ring (bicyclic) bond motifs is 1. The minimum absolute atomic E-state index is 0.0230. The van der Waals surface area contributed by atoms with E-state index in [0.29, 0.717) is 11.4 Å². The van der Waals surface area contributed by atoms with Crippen molar-refractivity contribution in [3.05, 3.63) is 88.8 Å². The van der Waals surface area contributed by atoms with E-state index in [1.54, 1.807) is 19.2 Å².